The van der Waals surface area contributed by atoms with Crippen molar-refractivity contribution in [1.29, 1.82) is 0 Å². The summed E-state index contributed by atoms with van der Waals surface area (Å²) in [6.45, 7) is 1.84. The van der Waals surface area contributed by atoms with Crippen LogP contribution < -0.4 is 5.32 Å². The molecule has 0 spiro atoms. The Morgan fingerprint density at radius 2 is 1.95 bits per heavy atom. The molecule has 0 aliphatic rings. The Labute approximate surface area is 129 Å². The first kappa shape index (κ1) is 13.6. The molecule has 0 radical (unpaired) electrons. The fraction of sp³-hybridized carbons (Fsp3) is 0.0667. The zero-order chi connectivity index (χ0) is 14.8. The number of nitrogens with one attached hydrogen (secondary N) is 1. The number of hydrogen-bond donors (Lipinski definition) is 1. The van der Waals surface area contributed by atoms with E-state index >= 15 is 0 Å². The number of nitrogens with zero attached hydrogens (tertiary/aromatic N) is 3. The Hall–Kier alpha value is -2.34. The average Bonchev–Trinajstić information content (AvgIpc) is 2.49. The second kappa shape index (κ2) is 5.57. The summed E-state index contributed by atoms with van der Waals surface area (Å²) in [6.07, 6.45) is 3.18. The molecular weight excluding hydrogens is 332 g/mol. The van der Waals surface area contributed by atoms with Gasteiger partial charge in [-0.05, 0) is 47.1 Å². The summed E-state index contributed by atoms with van der Waals surface area (Å²) in [5.74, 6) is -0.228. The van der Waals surface area contributed by atoms with Crippen molar-refractivity contribution in [2.75, 3.05) is 5.32 Å². The van der Waals surface area contributed by atoms with Gasteiger partial charge in [0.15, 0.2) is 0 Å². The summed E-state index contributed by atoms with van der Waals surface area (Å²) in [4.78, 5) is 25.1. The number of halogens is 1. The fourth-order valence-electron chi connectivity index (χ4n) is 2.03. The topological polar surface area (TPSA) is 67.8 Å². The monoisotopic (exact) mass is 342 g/mol. The first-order valence-corrected chi connectivity index (χ1v) is 7.08. The number of amides is 1. The minimum absolute atomic E-state index is 0.228. The van der Waals surface area contributed by atoms with Crippen molar-refractivity contribution in [3.8, 4) is 0 Å². The van der Waals surface area contributed by atoms with E-state index in [0.29, 0.717) is 22.3 Å². The second-order valence-electron chi connectivity index (χ2n) is 4.45. The summed E-state index contributed by atoms with van der Waals surface area (Å²) >= 11 is 3.30. The van der Waals surface area contributed by atoms with Gasteiger partial charge in [0.2, 0.25) is 0 Å². The Morgan fingerprint density at radius 3 is 2.76 bits per heavy atom. The number of fused-ring (bicyclic) bond motifs is 1. The molecule has 3 aromatic rings. The Bertz CT molecular complexity index is 830. The molecule has 0 saturated heterocycles. The van der Waals surface area contributed by atoms with Gasteiger partial charge in [0.1, 0.15) is 10.1 Å². The van der Waals surface area contributed by atoms with Crippen LogP contribution in [0.1, 0.15) is 16.1 Å². The SMILES string of the molecule is Cc1nc(Br)ccc1NC(=O)c1cccc2nccnc12. The molecule has 0 aliphatic heterocycles. The van der Waals surface area contributed by atoms with Crippen LogP contribution in [0, 0.1) is 6.92 Å². The number of aromatic nitrogens is 3. The second-order valence-corrected chi connectivity index (χ2v) is 5.26. The van der Waals surface area contributed by atoms with Crippen LogP contribution in [0.3, 0.4) is 0 Å². The van der Waals surface area contributed by atoms with Gasteiger partial charge in [0.05, 0.1) is 22.5 Å². The van der Waals surface area contributed by atoms with Gasteiger partial charge in [-0.15, -0.1) is 0 Å². The Balaban J connectivity index is 1.97. The largest absolute Gasteiger partial charge is 0.320 e. The highest BCUT2D eigenvalue weighted by Gasteiger charge is 2.13. The molecule has 0 fully saturated rings. The number of aryl methyl sites for hydroxylation is 1. The third-order valence-corrected chi connectivity index (χ3v) is 3.48. The zero-order valence-electron chi connectivity index (χ0n) is 11.2. The molecule has 0 atom stereocenters. The van der Waals surface area contributed by atoms with E-state index in [0.717, 1.165) is 10.3 Å². The Kier molecular flexibility index (Phi) is 3.62. The summed E-state index contributed by atoms with van der Waals surface area (Å²) in [7, 11) is 0. The minimum Gasteiger partial charge on any atom is -0.320 e. The number of rotatable bonds is 2. The van der Waals surface area contributed by atoms with Gasteiger partial charge in [-0.1, -0.05) is 6.07 Å². The predicted octanol–water partition coefficient (Wildman–Crippen LogP) is 3.35. The van der Waals surface area contributed by atoms with Gasteiger partial charge in [0, 0.05) is 12.4 Å². The molecule has 2 heterocycles. The van der Waals surface area contributed by atoms with Crippen molar-refractivity contribution in [1.82, 2.24) is 15.0 Å². The molecule has 1 amide bonds. The van der Waals surface area contributed by atoms with Gasteiger partial charge in [-0.2, -0.15) is 0 Å². The molecule has 104 valence electrons. The lowest BCUT2D eigenvalue weighted by molar-refractivity contribution is 0.102. The summed E-state index contributed by atoms with van der Waals surface area (Å²) in [5, 5.41) is 2.86. The highest BCUT2D eigenvalue weighted by Crippen LogP contribution is 2.19. The number of pyridine rings is 1. The number of benzene rings is 1. The normalized spacial score (nSPS) is 10.6. The van der Waals surface area contributed by atoms with Crippen LogP contribution in [0.4, 0.5) is 5.69 Å². The van der Waals surface area contributed by atoms with E-state index in [4.69, 9.17) is 0 Å². The maximum atomic E-state index is 12.4. The molecule has 0 saturated carbocycles. The molecule has 5 nitrogen and oxygen atoms in total. The summed E-state index contributed by atoms with van der Waals surface area (Å²) in [6, 6.07) is 8.94. The Morgan fingerprint density at radius 1 is 1.14 bits per heavy atom. The molecule has 21 heavy (non-hydrogen) atoms. The molecular formula is C15H11BrN4O. The van der Waals surface area contributed by atoms with Gasteiger partial charge < -0.3 is 5.32 Å². The third-order valence-electron chi connectivity index (χ3n) is 3.04. The van der Waals surface area contributed by atoms with Crippen LogP contribution in [-0.4, -0.2) is 20.9 Å². The van der Waals surface area contributed by atoms with E-state index < -0.39 is 0 Å². The fourth-order valence-corrected chi connectivity index (χ4v) is 2.43. The van der Waals surface area contributed by atoms with Crippen LogP contribution >= 0.6 is 15.9 Å². The number of para-hydroxylation sites is 1. The van der Waals surface area contributed by atoms with Crippen LogP contribution in [-0.2, 0) is 0 Å². The lowest BCUT2D eigenvalue weighted by Crippen LogP contribution is -2.14. The van der Waals surface area contributed by atoms with Gasteiger partial charge in [-0.25, -0.2) is 4.98 Å². The van der Waals surface area contributed by atoms with E-state index in [1.54, 1.807) is 36.7 Å². The van der Waals surface area contributed by atoms with Gasteiger partial charge >= 0.3 is 0 Å². The number of anilines is 1. The molecule has 0 unspecified atom stereocenters. The number of carbonyl (C=O) groups excluding carboxylic acids is 1. The van der Waals surface area contributed by atoms with Gasteiger partial charge in [0.25, 0.3) is 5.91 Å². The maximum absolute atomic E-state index is 12.4. The quantitative estimate of drug-likeness (QED) is 0.725. The smallest absolute Gasteiger partial charge is 0.257 e. The van der Waals surface area contributed by atoms with Crippen LogP contribution in [0.5, 0.6) is 0 Å². The molecule has 1 aromatic carbocycles. The van der Waals surface area contributed by atoms with Crippen molar-refractivity contribution in [3.63, 3.8) is 0 Å². The van der Waals surface area contributed by atoms with Crippen LogP contribution in [0.2, 0.25) is 0 Å². The van der Waals surface area contributed by atoms with Crippen LogP contribution in [0.25, 0.3) is 11.0 Å². The van der Waals surface area contributed by atoms with Crippen molar-refractivity contribution < 1.29 is 4.79 Å². The molecule has 6 heteroatoms. The van der Waals surface area contributed by atoms with Gasteiger partial charge in [-0.3, -0.25) is 14.8 Å². The van der Waals surface area contributed by atoms with Crippen molar-refractivity contribution >= 4 is 38.6 Å². The van der Waals surface area contributed by atoms with Crippen molar-refractivity contribution in [3.05, 3.63) is 58.6 Å². The molecule has 3 rings (SSSR count). The van der Waals surface area contributed by atoms with Crippen LogP contribution in [0.15, 0.2) is 47.3 Å². The average molecular weight is 343 g/mol. The maximum Gasteiger partial charge on any atom is 0.257 e. The summed E-state index contributed by atoms with van der Waals surface area (Å²) in [5.41, 5.74) is 3.17. The van der Waals surface area contributed by atoms with Crippen molar-refractivity contribution in [2.45, 2.75) is 6.92 Å². The first-order chi connectivity index (χ1) is 10.1. The standard InChI is InChI=1S/C15H11BrN4O/c1-9-11(5-6-13(16)19-9)20-15(21)10-3-2-4-12-14(10)18-8-7-17-12/h2-8H,1H3,(H,20,21). The van der Waals surface area contributed by atoms with E-state index in [-0.39, 0.29) is 5.91 Å². The number of hydrogen-bond acceptors (Lipinski definition) is 4. The third kappa shape index (κ3) is 2.75. The number of carbonyl (C=O) groups is 1. The summed E-state index contributed by atoms with van der Waals surface area (Å²) < 4.78 is 0.731. The molecule has 2 aromatic heterocycles. The molecule has 1 N–H and O–H groups in total. The van der Waals surface area contributed by atoms with Crippen molar-refractivity contribution in [2.24, 2.45) is 0 Å². The van der Waals surface area contributed by atoms with E-state index in [9.17, 15) is 4.79 Å². The van der Waals surface area contributed by atoms with E-state index in [2.05, 4.69) is 36.2 Å². The van der Waals surface area contributed by atoms with E-state index in [1.807, 2.05) is 13.0 Å². The lowest BCUT2D eigenvalue weighted by atomic mass is 10.1. The first-order valence-electron chi connectivity index (χ1n) is 6.29. The molecule has 0 aliphatic carbocycles. The minimum atomic E-state index is -0.228. The zero-order valence-corrected chi connectivity index (χ0v) is 12.8. The van der Waals surface area contributed by atoms with E-state index in [1.165, 1.54) is 0 Å². The highest BCUT2D eigenvalue weighted by molar-refractivity contribution is 9.10. The highest BCUT2D eigenvalue weighted by atomic mass is 79.9. The lowest BCUT2D eigenvalue weighted by Gasteiger charge is -2.09. The molecule has 0 bridgehead atoms. The predicted molar refractivity (Wildman–Crippen MR) is 84.2 cm³/mol.